The summed E-state index contributed by atoms with van der Waals surface area (Å²) in [6.07, 6.45) is 3.09. The number of nitrogens with zero attached hydrogens (tertiary/aromatic N) is 2. The summed E-state index contributed by atoms with van der Waals surface area (Å²) in [6, 6.07) is 0. The molecular weight excluding hydrogens is 254 g/mol. The Hall–Kier alpha value is -0.940. The normalized spacial score (nSPS) is 20.2. The second kappa shape index (κ2) is 6.68. The molecule has 5 heteroatoms. The number of nitrogens with one attached hydrogen (secondary N) is 1. The zero-order valence-corrected chi connectivity index (χ0v) is 13.1. The van der Waals surface area contributed by atoms with Crippen LogP contribution in [0, 0.1) is 5.92 Å². The zero-order chi connectivity index (χ0) is 14.6. The summed E-state index contributed by atoms with van der Waals surface area (Å²) in [6.45, 7) is 11.1. The Morgan fingerprint density at radius 1 is 1.30 bits per heavy atom. The number of aromatic nitrogens is 2. The maximum Gasteiger partial charge on any atom is 0.233 e. The molecule has 1 aliphatic heterocycles. The van der Waals surface area contributed by atoms with E-state index in [0.717, 1.165) is 38.2 Å². The maximum absolute atomic E-state index is 5.76. The first-order chi connectivity index (χ1) is 9.63. The van der Waals surface area contributed by atoms with Gasteiger partial charge < -0.3 is 14.6 Å². The number of piperidine rings is 1. The molecular formula is C15H27N3O2. The average Bonchev–Trinajstić information content (AvgIpc) is 2.95. The molecule has 114 valence electrons. The van der Waals surface area contributed by atoms with Crippen LogP contribution in [-0.4, -0.2) is 29.8 Å². The highest BCUT2D eigenvalue weighted by molar-refractivity contribution is 5.08. The van der Waals surface area contributed by atoms with E-state index in [1.807, 2.05) is 6.92 Å². The lowest BCUT2D eigenvalue weighted by molar-refractivity contribution is 0.0217. The Bertz CT molecular complexity index is 411. The predicted molar refractivity (Wildman–Crippen MR) is 77.6 cm³/mol. The molecule has 0 aliphatic carbocycles. The monoisotopic (exact) mass is 281 g/mol. The van der Waals surface area contributed by atoms with E-state index in [1.165, 1.54) is 0 Å². The lowest BCUT2D eigenvalue weighted by Gasteiger charge is -2.33. The van der Waals surface area contributed by atoms with Gasteiger partial charge in [0.15, 0.2) is 0 Å². The van der Waals surface area contributed by atoms with E-state index in [0.29, 0.717) is 18.3 Å². The molecule has 1 atom stereocenters. The predicted octanol–water partition coefficient (Wildman–Crippen LogP) is 2.83. The fraction of sp³-hybridized carbons (Fsp3) is 0.867. The van der Waals surface area contributed by atoms with Gasteiger partial charge >= 0.3 is 0 Å². The largest absolute Gasteiger partial charge is 0.370 e. The van der Waals surface area contributed by atoms with E-state index >= 15 is 0 Å². The molecule has 0 saturated carbocycles. The summed E-state index contributed by atoms with van der Waals surface area (Å²) in [4.78, 5) is 4.69. The quantitative estimate of drug-likeness (QED) is 0.869. The standard InChI is InChI=1S/C15H27N3O2/c1-5-15(7-9-16-10-8-15)14-17-13(18-20-14)12(11(3)4)19-6-2/h11-12,16H,5-10H2,1-4H3. The fourth-order valence-electron chi connectivity index (χ4n) is 2.93. The van der Waals surface area contributed by atoms with Crippen LogP contribution >= 0.6 is 0 Å². The van der Waals surface area contributed by atoms with Crippen molar-refractivity contribution in [3.63, 3.8) is 0 Å². The van der Waals surface area contributed by atoms with Crippen molar-refractivity contribution < 1.29 is 9.26 Å². The highest BCUT2D eigenvalue weighted by atomic mass is 16.5. The van der Waals surface area contributed by atoms with Crippen molar-refractivity contribution >= 4 is 0 Å². The zero-order valence-electron chi connectivity index (χ0n) is 13.1. The Kier molecular flexibility index (Phi) is 5.16. The Balaban J connectivity index is 2.22. The molecule has 2 heterocycles. The average molecular weight is 281 g/mol. The van der Waals surface area contributed by atoms with Gasteiger partial charge in [-0.25, -0.2) is 0 Å². The van der Waals surface area contributed by atoms with Crippen LogP contribution in [-0.2, 0) is 10.2 Å². The smallest absolute Gasteiger partial charge is 0.233 e. The second-order valence-corrected chi connectivity index (χ2v) is 5.96. The fourth-order valence-corrected chi connectivity index (χ4v) is 2.93. The van der Waals surface area contributed by atoms with Crippen molar-refractivity contribution in [3.05, 3.63) is 11.7 Å². The second-order valence-electron chi connectivity index (χ2n) is 5.96. The Morgan fingerprint density at radius 3 is 2.55 bits per heavy atom. The number of hydrogen-bond donors (Lipinski definition) is 1. The van der Waals surface area contributed by atoms with Crippen LogP contribution in [0.4, 0.5) is 0 Å². The van der Waals surface area contributed by atoms with Crippen LogP contribution in [0.1, 0.15) is 64.8 Å². The van der Waals surface area contributed by atoms with Gasteiger partial charge in [0.05, 0.1) is 5.41 Å². The summed E-state index contributed by atoms with van der Waals surface area (Å²) >= 11 is 0. The van der Waals surface area contributed by atoms with Crippen LogP contribution in [0.2, 0.25) is 0 Å². The number of hydrogen-bond acceptors (Lipinski definition) is 5. The van der Waals surface area contributed by atoms with Gasteiger partial charge in [-0.3, -0.25) is 0 Å². The van der Waals surface area contributed by atoms with E-state index < -0.39 is 0 Å². The van der Waals surface area contributed by atoms with Crippen LogP contribution < -0.4 is 5.32 Å². The molecule has 1 aromatic heterocycles. The molecule has 5 nitrogen and oxygen atoms in total. The van der Waals surface area contributed by atoms with E-state index in [4.69, 9.17) is 9.26 Å². The van der Waals surface area contributed by atoms with Crippen LogP contribution in [0.25, 0.3) is 0 Å². The summed E-state index contributed by atoms with van der Waals surface area (Å²) in [5.41, 5.74) is 0.0459. The molecule has 20 heavy (non-hydrogen) atoms. The maximum atomic E-state index is 5.76. The molecule has 0 aromatic carbocycles. The SMILES string of the molecule is CCOC(c1noc(C2(CC)CCNCC2)n1)C(C)C. The van der Waals surface area contributed by atoms with Crippen molar-refractivity contribution in [1.82, 2.24) is 15.5 Å². The van der Waals surface area contributed by atoms with Crippen molar-refractivity contribution in [2.75, 3.05) is 19.7 Å². The number of rotatable bonds is 6. The minimum atomic E-state index is -0.0758. The van der Waals surface area contributed by atoms with E-state index in [-0.39, 0.29) is 11.5 Å². The third-order valence-corrected chi connectivity index (χ3v) is 4.34. The lowest BCUT2D eigenvalue weighted by Crippen LogP contribution is -2.39. The molecule has 1 unspecified atom stereocenters. The summed E-state index contributed by atoms with van der Waals surface area (Å²) in [5, 5.41) is 7.59. The third-order valence-electron chi connectivity index (χ3n) is 4.34. The minimum absolute atomic E-state index is 0.0459. The van der Waals surface area contributed by atoms with Crippen molar-refractivity contribution in [3.8, 4) is 0 Å². The van der Waals surface area contributed by atoms with Gasteiger partial charge in [0.1, 0.15) is 6.10 Å². The molecule has 1 aliphatic rings. The van der Waals surface area contributed by atoms with Crippen LogP contribution in [0.5, 0.6) is 0 Å². The lowest BCUT2D eigenvalue weighted by atomic mass is 9.76. The summed E-state index contributed by atoms with van der Waals surface area (Å²) in [7, 11) is 0. The Morgan fingerprint density at radius 2 is 2.00 bits per heavy atom. The van der Waals surface area contributed by atoms with Gasteiger partial charge in [-0.15, -0.1) is 0 Å². The molecule has 0 bridgehead atoms. The highest BCUT2D eigenvalue weighted by Crippen LogP contribution is 2.36. The molecule has 1 fully saturated rings. The number of ether oxygens (including phenoxy) is 1. The molecule has 0 amide bonds. The summed E-state index contributed by atoms with van der Waals surface area (Å²) < 4.78 is 11.4. The van der Waals surface area contributed by atoms with Gasteiger partial charge in [0, 0.05) is 6.61 Å². The first-order valence-corrected chi connectivity index (χ1v) is 7.79. The van der Waals surface area contributed by atoms with Crippen molar-refractivity contribution in [2.24, 2.45) is 5.92 Å². The van der Waals surface area contributed by atoms with E-state index in [9.17, 15) is 0 Å². The van der Waals surface area contributed by atoms with Crippen LogP contribution in [0.3, 0.4) is 0 Å². The first kappa shape index (κ1) is 15.4. The van der Waals surface area contributed by atoms with Crippen molar-refractivity contribution in [1.29, 1.82) is 0 Å². The van der Waals surface area contributed by atoms with Gasteiger partial charge in [0.2, 0.25) is 11.7 Å². The molecule has 1 aromatic rings. The molecule has 0 radical (unpaired) electrons. The Labute approximate surface area is 121 Å². The molecule has 1 N–H and O–H groups in total. The van der Waals surface area contributed by atoms with Gasteiger partial charge in [-0.2, -0.15) is 4.98 Å². The van der Waals surface area contributed by atoms with Gasteiger partial charge in [-0.05, 0) is 45.2 Å². The molecule has 2 rings (SSSR count). The summed E-state index contributed by atoms with van der Waals surface area (Å²) in [5.74, 6) is 1.83. The minimum Gasteiger partial charge on any atom is -0.370 e. The van der Waals surface area contributed by atoms with E-state index in [2.05, 4.69) is 36.2 Å². The molecule has 0 spiro atoms. The van der Waals surface area contributed by atoms with Crippen molar-refractivity contribution in [2.45, 2.75) is 58.5 Å². The molecule has 1 saturated heterocycles. The van der Waals surface area contributed by atoms with Gasteiger partial charge in [0.25, 0.3) is 0 Å². The van der Waals surface area contributed by atoms with Crippen LogP contribution in [0.15, 0.2) is 4.52 Å². The van der Waals surface area contributed by atoms with E-state index in [1.54, 1.807) is 0 Å². The first-order valence-electron chi connectivity index (χ1n) is 7.79. The highest BCUT2D eigenvalue weighted by Gasteiger charge is 2.38. The topological polar surface area (TPSA) is 60.2 Å². The third kappa shape index (κ3) is 3.04. The van der Waals surface area contributed by atoms with Gasteiger partial charge in [-0.1, -0.05) is 25.9 Å².